The van der Waals surface area contributed by atoms with Gasteiger partial charge in [-0.15, -0.1) is 0 Å². The Morgan fingerprint density at radius 2 is 2.04 bits per heavy atom. The first-order valence-corrected chi connectivity index (χ1v) is 8.90. The van der Waals surface area contributed by atoms with Crippen LogP contribution >= 0.6 is 0 Å². The number of rotatable bonds is 5. The van der Waals surface area contributed by atoms with Crippen LogP contribution in [0.25, 0.3) is 11.4 Å². The maximum Gasteiger partial charge on any atom is 0.219 e. The lowest BCUT2D eigenvalue weighted by Crippen LogP contribution is -2.37. The van der Waals surface area contributed by atoms with Crippen LogP contribution < -0.4 is 0 Å². The molecular formula is C19H26N4O. The molecule has 1 aliphatic rings. The molecule has 0 bridgehead atoms. The Bertz CT molecular complexity index is 686. The monoisotopic (exact) mass is 326 g/mol. The Morgan fingerprint density at radius 3 is 2.75 bits per heavy atom. The topological polar surface area (TPSA) is 51.0 Å². The first-order chi connectivity index (χ1) is 11.7. The van der Waals surface area contributed by atoms with E-state index in [0.29, 0.717) is 5.92 Å². The van der Waals surface area contributed by atoms with Crippen molar-refractivity contribution in [3.8, 4) is 11.4 Å². The molecule has 128 valence electrons. The van der Waals surface area contributed by atoms with Gasteiger partial charge in [0.15, 0.2) is 0 Å². The number of nitrogens with zero attached hydrogens (tertiary/aromatic N) is 4. The minimum atomic E-state index is 0.198. The molecule has 1 amide bonds. The zero-order valence-corrected chi connectivity index (χ0v) is 14.6. The quantitative estimate of drug-likeness (QED) is 0.848. The van der Waals surface area contributed by atoms with E-state index in [9.17, 15) is 4.79 Å². The van der Waals surface area contributed by atoms with Crippen molar-refractivity contribution < 1.29 is 4.79 Å². The normalized spacial score (nSPS) is 15.7. The molecule has 0 aliphatic carbocycles. The fourth-order valence-electron chi connectivity index (χ4n) is 3.47. The maximum absolute atomic E-state index is 11.4. The number of likely N-dealkylation sites (tertiary alicyclic amines) is 1. The fourth-order valence-corrected chi connectivity index (χ4v) is 3.47. The molecular weight excluding hydrogens is 300 g/mol. The number of hydrogen-bond donors (Lipinski definition) is 0. The van der Waals surface area contributed by atoms with E-state index >= 15 is 0 Å². The van der Waals surface area contributed by atoms with Gasteiger partial charge >= 0.3 is 0 Å². The molecule has 1 aliphatic heterocycles. The third-order valence-corrected chi connectivity index (χ3v) is 4.82. The SMILES string of the molecule is CCCn1nccc1-c1cc(CC2CCN(C(C)=O)CC2)ccn1. The average Bonchev–Trinajstić information content (AvgIpc) is 3.04. The van der Waals surface area contributed by atoms with Gasteiger partial charge in [-0.1, -0.05) is 6.92 Å². The smallest absolute Gasteiger partial charge is 0.219 e. The van der Waals surface area contributed by atoms with Gasteiger partial charge in [0.05, 0.1) is 11.4 Å². The predicted molar refractivity (Wildman–Crippen MR) is 94.4 cm³/mol. The summed E-state index contributed by atoms with van der Waals surface area (Å²) in [7, 11) is 0. The van der Waals surface area contributed by atoms with Crippen LogP contribution in [0.3, 0.4) is 0 Å². The molecule has 0 radical (unpaired) electrons. The van der Waals surface area contributed by atoms with E-state index < -0.39 is 0 Å². The minimum absolute atomic E-state index is 0.198. The molecule has 0 spiro atoms. The van der Waals surface area contributed by atoms with Crippen LogP contribution in [-0.2, 0) is 17.8 Å². The van der Waals surface area contributed by atoms with Gasteiger partial charge in [0, 0.05) is 39.0 Å². The third-order valence-electron chi connectivity index (χ3n) is 4.82. The standard InChI is InChI=1S/C19H26N4O/c1-3-10-23-19(5-9-21-23)18-14-17(4-8-20-18)13-16-6-11-22(12-7-16)15(2)24/h4-5,8-9,14,16H,3,6-7,10-13H2,1-2H3. The van der Waals surface area contributed by atoms with Crippen LogP contribution in [0, 0.1) is 5.92 Å². The summed E-state index contributed by atoms with van der Waals surface area (Å²) in [6.07, 6.45) is 8.04. The predicted octanol–water partition coefficient (Wildman–Crippen LogP) is 3.16. The highest BCUT2D eigenvalue weighted by Gasteiger charge is 2.21. The summed E-state index contributed by atoms with van der Waals surface area (Å²) in [5.74, 6) is 0.847. The van der Waals surface area contributed by atoms with Crippen molar-refractivity contribution in [2.45, 2.75) is 46.1 Å². The van der Waals surface area contributed by atoms with Gasteiger partial charge in [0.2, 0.25) is 5.91 Å². The molecule has 3 heterocycles. The summed E-state index contributed by atoms with van der Waals surface area (Å²) in [5.41, 5.74) is 3.41. The van der Waals surface area contributed by atoms with E-state index in [1.807, 2.05) is 28.0 Å². The molecule has 2 aromatic rings. The Hall–Kier alpha value is -2.17. The van der Waals surface area contributed by atoms with E-state index in [0.717, 1.165) is 56.7 Å². The molecule has 3 rings (SSSR count). The maximum atomic E-state index is 11.4. The second kappa shape index (κ2) is 7.60. The van der Waals surface area contributed by atoms with Crippen molar-refractivity contribution in [3.05, 3.63) is 36.2 Å². The van der Waals surface area contributed by atoms with Crippen LogP contribution in [-0.4, -0.2) is 38.7 Å². The van der Waals surface area contributed by atoms with E-state index in [4.69, 9.17) is 0 Å². The van der Waals surface area contributed by atoms with Crippen molar-refractivity contribution in [2.75, 3.05) is 13.1 Å². The second-order valence-corrected chi connectivity index (χ2v) is 6.64. The Labute approximate surface area is 143 Å². The van der Waals surface area contributed by atoms with Crippen LogP contribution in [0.2, 0.25) is 0 Å². The van der Waals surface area contributed by atoms with Crippen molar-refractivity contribution in [3.63, 3.8) is 0 Å². The van der Waals surface area contributed by atoms with Gasteiger partial charge < -0.3 is 4.90 Å². The number of amides is 1. The van der Waals surface area contributed by atoms with Crippen molar-refractivity contribution in [1.82, 2.24) is 19.7 Å². The molecule has 24 heavy (non-hydrogen) atoms. The number of aromatic nitrogens is 3. The third kappa shape index (κ3) is 3.83. The summed E-state index contributed by atoms with van der Waals surface area (Å²) < 4.78 is 2.03. The van der Waals surface area contributed by atoms with Gasteiger partial charge in [-0.25, -0.2) is 0 Å². The molecule has 0 saturated carbocycles. The largest absolute Gasteiger partial charge is 0.343 e. The van der Waals surface area contributed by atoms with E-state index in [-0.39, 0.29) is 5.91 Å². The lowest BCUT2D eigenvalue weighted by Gasteiger charge is -2.31. The highest BCUT2D eigenvalue weighted by molar-refractivity contribution is 5.73. The van der Waals surface area contributed by atoms with Gasteiger partial charge in [-0.05, 0) is 55.4 Å². The van der Waals surface area contributed by atoms with Crippen molar-refractivity contribution >= 4 is 5.91 Å². The summed E-state index contributed by atoms with van der Waals surface area (Å²) in [4.78, 5) is 17.9. The molecule has 2 aromatic heterocycles. The lowest BCUT2D eigenvalue weighted by atomic mass is 9.90. The average molecular weight is 326 g/mol. The minimum Gasteiger partial charge on any atom is -0.343 e. The van der Waals surface area contributed by atoms with Crippen molar-refractivity contribution in [2.24, 2.45) is 5.92 Å². The summed E-state index contributed by atoms with van der Waals surface area (Å²) >= 11 is 0. The molecule has 0 atom stereocenters. The van der Waals surface area contributed by atoms with E-state index in [1.165, 1.54) is 5.56 Å². The Balaban J connectivity index is 1.68. The zero-order valence-electron chi connectivity index (χ0n) is 14.6. The zero-order chi connectivity index (χ0) is 16.9. The van der Waals surface area contributed by atoms with Crippen LogP contribution in [0.15, 0.2) is 30.6 Å². The first-order valence-electron chi connectivity index (χ1n) is 8.90. The second-order valence-electron chi connectivity index (χ2n) is 6.64. The highest BCUT2D eigenvalue weighted by atomic mass is 16.2. The molecule has 0 aromatic carbocycles. The number of carbonyl (C=O) groups is 1. The Morgan fingerprint density at radius 1 is 1.25 bits per heavy atom. The van der Waals surface area contributed by atoms with Crippen LogP contribution in [0.4, 0.5) is 0 Å². The van der Waals surface area contributed by atoms with Gasteiger partial charge in [-0.2, -0.15) is 5.10 Å². The number of pyridine rings is 1. The van der Waals surface area contributed by atoms with Crippen LogP contribution in [0.5, 0.6) is 0 Å². The highest BCUT2D eigenvalue weighted by Crippen LogP contribution is 2.24. The molecule has 5 heteroatoms. The van der Waals surface area contributed by atoms with Crippen LogP contribution in [0.1, 0.15) is 38.7 Å². The summed E-state index contributed by atoms with van der Waals surface area (Å²) in [6.45, 7) is 6.51. The molecule has 1 fully saturated rings. The number of piperidine rings is 1. The number of hydrogen-bond acceptors (Lipinski definition) is 3. The number of aryl methyl sites for hydroxylation is 1. The van der Waals surface area contributed by atoms with E-state index in [2.05, 4.69) is 29.1 Å². The first kappa shape index (κ1) is 16.7. The van der Waals surface area contributed by atoms with Gasteiger partial charge in [-0.3, -0.25) is 14.5 Å². The lowest BCUT2D eigenvalue weighted by molar-refractivity contribution is -0.130. The fraction of sp³-hybridized carbons (Fsp3) is 0.526. The van der Waals surface area contributed by atoms with Gasteiger partial charge in [0.25, 0.3) is 0 Å². The van der Waals surface area contributed by atoms with E-state index in [1.54, 1.807) is 6.92 Å². The Kier molecular flexibility index (Phi) is 5.28. The molecule has 1 saturated heterocycles. The number of carbonyl (C=O) groups excluding carboxylic acids is 1. The molecule has 0 N–H and O–H groups in total. The van der Waals surface area contributed by atoms with Gasteiger partial charge in [0.1, 0.15) is 0 Å². The molecule has 0 unspecified atom stereocenters. The van der Waals surface area contributed by atoms with Crippen molar-refractivity contribution in [1.29, 1.82) is 0 Å². The summed E-state index contributed by atoms with van der Waals surface area (Å²) in [6, 6.07) is 6.34. The summed E-state index contributed by atoms with van der Waals surface area (Å²) in [5, 5.41) is 4.39. The molecule has 5 nitrogen and oxygen atoms in total.